The lowest BCUT2D eigenvalue weighted by atomic mass is 10.1. The largest absolute Gasteiger partial charge is 0.478 e. The van der Waals surface area contributed by atoms with Gasteiger partial charge in [0.15, 0.2) is 16.8 Å². The SMILES string of the molecule is CCOc1cc(C)c(-c2cnc(NC(=O)c3c(F)ccc(F)c3F)s2)cn1. The van der Waals surface area contributed by atoms with Crippen LogP contribution >= 0.6 is 11.3 Å². The van der Waals surface area contributed by atoms with E-state index in [1.165, 1.54) is 6.20 Å². The Morgan fingerprint density at radius 3 is 2.63 bits per heavy atom. The van der Waals surface area contributed by atoms with Gasteiger partial charge in [-0.2, -0.15) is 0 Å². The molecule has 9 heteroatoms. The molecule has 0 spiro atoms. The van der Waals surface area contributed by atoms with Gasteiger partial charge in [-0.15, -0.1) is 0 Å². The number of halogens is 3. The lowest BCUT2D eigenvalue weighted by Crippen LogP contribution is -2.16. The molecular formula is C18H14F3N3O2S. The van der Waals surface area contributed by atoms with E-state index < -0.39 is 28.9 Å². The fraction of sp³-hybridized carbons (Fsp3) is 0.167. The molecule has 0 radical (unpaired) electrons. The lowest BCUT2D eigenvalue weighted by molar-refractivity contribution is 0.101. The number of anilines is 1. The molecule has 0 fully saturated rings. The maximum atomic E-state index is 13.7. The van der Waals surface area contributed by atoms with Gasteiger partial charge in [-0.05, 0) is 31.5 Å². The molecule has 27 heavy (non-hydrogen) atoms. The zero-order chi connectivity index (χ0) is 19.6. The summed E-state index contributed by atoms with van der Waals surface area (Å²) in [6.07, 6.45) is 3.12. The summed E-state index contributed by atoms with van der Waals surface area (Å²) in [5.74, 6) is -4.64. The van der Waals surface area contributed by atoms with E-state index in [9.17, 15) is 18.0 Å². The number of benzene rings is 1. The average Bonchev–Trinajstić information content (AvgIpc) is 3.07. The minimum Gasteiger partial charge on any atom is -0.478 e. The Labute approximate surface area is 156 Å². The second-order valence-electron chi connectivity index (χ2n) is 5.47. The monoisotopic (exact) mass is 393 g/mol. The van der Waals surface area contributed by atoms with Crippen LogP contribution < -0.4 is 10.1 Å². The molecule has 5 nitrogen and oxygen atoms in total. The summed E-state index contributed by atoms with van der Waals surface area (Å²) in [6.45, 7) is 4.22. The van der Waals surface area contributed by atoms with Crippen LogP contribution in [0.15, 0.2) is 30.6 Å². The summed E-state index contributed by atoms with van der Waals surface area (Å²) < 4.78 is 46.0. The molecule has 0 bridgehead atoms. The maximum Gasteiger partial charge on any atom is 0.263 e. The first-order valence-electron chi connectivity index (χ1n) is 7.91. The Morgan fingerprint density at radius 1 is 1.19 bits per heavy atom. The Morgan fingerprint density at radius 2 is 1.93 bits per heavy atom. The Balaban J connectivity index is 1.83. The summed E-state index contributed by atoms with van der Waals surface area (Å²) >= 11 is 1.10. The zero-order valence-corrected chi connectivity index (χ0v) is 15.2. The van der Waals surface area contributed by atoms with E-state index in [1.807, 2.05) is 13.8 Å². The molecule has 0 saturated heterocycles. The summed E-state index contributed by atoms with van der Waals surface area (Å²) in [7, 11) is 0. The smallest absolute Gasteiger partial charge is 0.263 e. The highest BCUT2D eigenvalue weighted by Gasteiger charge is 2.22. The number of pyridine rings is 1. The van der Waals surface area contributed by atoms with E-state index in [1.54, 1.807) is 12.3 Å². The Hall–Kier alpha value is -2.94. The number of amides is 1. The van der Waals surface area contributed by atoms with Crippen LogP contribution in [-0.4, -0.2) is 22.5 Å². The molecule has 140 valence electrons. The van der Waals surface area contributed by atoms with Gasteiger partial charge < -0.3 is 4.74 Å². The van der Waals surface area contributed by atoms with Crippen LogP contribution in [0.3, 0.4) is 0 Å². The van der Waals surface area contributed by atoms with Crippen LogP contribution in [0, 0.1) is 24.4 Å². The van der Waals surface area contributed by atoms with Crippen molar-refractivity contribution < 1.29 is 22.7 Å². The Kier molecular flexibility index (Phi) is 5.41. The molecule has 2 heterocycles. The number of aromatic nitrogens is 2. The van der Waals surface area contributed by atoms with Crippen molar-refractivity contribution in [3.63, 3.8) is 0 Å². The third kappa shape index (κ3) is 3.92. The molecule has 1 N–H and O–H groups in total. The number of carbonyl (C=O) groups is 1. The van der Waals surface area contributed by atoms with Crippen molar-refractivity contribution >= 4 is 22.4 Å². The van der Waals surface area contributed by atoms with E-state index in [0.717, 1.165) is 22.5 Å². The predicted molar refractivity (Wildman–Crippen MR) is 95.5 cm³/mol. The topological polar surface area (TPSA) is 64.1 Å². The number of ether oxygens (including phenoxy) is 1. The van der Waals surface area contributed by atoms with E-state index in [2.05, 4.69) is 15.3 Å². The summed E-state index contributed by atoms with van der Waals surface area (Å²) in [4.78, 5) is 21.0. The molecule has 1 amide bonds. The molecule has 1 aromatic carbocycles. The van der Waals surface area contributed by atoms with Gasteiger partial charge in [0.25, 0.3) is 5.91 Å². The summed E-state index contributed by atoms with van der Waals surface area (Å²) in [5.41, 5.74) is 0.669. The van der Waals surface area contributed by atoms with Gasteiger partial charge in [-0.1, -0.05) is 11.3 Å². The molecule has 0 unspecified atom stereocenters. The van der Waals surface area contributed by atoms with Crippen LogP contribution in [0.5, 0.6) is 5.88 Å². The number of carbonyl (C=O) groups excluding carboxylic acids is 1. The summed E-state index contributed by atoms with van der Waals surface area (Å²) in [5, 5.41) is 2.40. The maximum absolute atomic E-state index is 13.7. The van der Waals surface area contributed by atoms with Crippen molar-refractivity contribution in [1.29, 1.82) is 0 Å². The third-order valence-corrected chi connectivity index (χ3v) is 4.59. The van der Waals surface area contributed by atoms with Crippen LogP contribution in [0.1, 0.15) is 22.8 Å². The molecule has 0 atom stereocenters. The quantitative estimate of drug-likeness (QED) is 0.645. The van der Waals surface area contributed by atoms with Crippen LogP contribution in [0.4, 0.5) is 18.3 Å². The zero-order valence-electron chi connectivity index (χ0n) is 14.3. The highest BCUT2D eigenvalue weighted by atomic mass is 32.1. The van der Waals surface area contributed by atoms with Crippen molar-refractivity contribution in [3.8, 4) is 16.3 Å². The number of thiazole rings is 1. The van der Waals surface area contributed by atoms with Crippen LogP contribution in [0.25, 0.3) is 10.4 Å². The average molecular weight is 393 g/mol. The van der Waals surface area contributed by atoms with Crippen molar-refractivity contribution in [1.82, 2.24) is 9.97 Å². The van der Waals surface area contributed by atoms with Gasteiger partial charge in [0.2, 0.25) is 5.88 Å². The standard InChI is InChI=1S/C18H14F3N3O2S/c1-3-26-14-6-9(2)10(7-22-14)13-8-23-18(27-13)24-17(25)15-11(19)4-5-12(20)16(15)21/h4-8H,3H2,1-2H3,(H,23,24,25). The van der Waals surface area contributed by atoms with Gasteiger partial charge in [0, 0.05) is 24.0 Å². The number of aryl methyl sites for hydroxylation is 1. The minimum absolute atomic E-state index is 0.117. The lowest BCUT2D eigenvalue weighted by Gasteiger charge is -2.06. The first-order chi connectivity index (χ1) is 12.9. The molecule has 0 saturated carbocycles. The van der Waals surface area contributed by atoms with Crippen molar-refractivity contribution in [2.45, 2.75) is 13.8 Å². The fourth-order valence-electron chi connectivity index (χ4n) is 2.37. The van der Waals surface area contributed by atoms with E-state index in [4.69, 9.17) is 4.74 Å². The van der Waals surface area contributed by atoms with E-state index in [-0.39, 0.29) is 5.13 Å². The molecule has 2 aromatic heterocycles. The molecule has 3 rings (SSSR count). The van der Waals surface area contributed by atoms with Crippen molar-refractivity contribution in [2.24, 2.45) is 0 Å². The third-order valence-electron chi connectivity index (χ3n) is 3.64. The molecular weight excluding hydrogens is 379 g/mol. The van der Waals surface area contributed by atoms with Crippen LogP contribution in [0.2, 0.25) is 0 Å². The van der Waals surface area contributed by atoms with Gasteiger partial charge >= 0.3 is 0 Å². The molecule has 0 aliphatic carbocycles. The Bertz CT molecular complexity index is 1010. The normalized spacial score (nSPS) is 10.7. The predicted octanol–water partition coefficient (Wildman–Crippen LogP) is 4.58. The molecule has 0 aliphatic rings. The van der Waals surface area contributed by atoms with E-state index in [0.29, 0.717) is 29.5 Å². The number of hydrogen-bond donors (Lipinski definition) is 1. The first kappa shape index (κ1) is 18.8. The highest BCUT2D eigenvalue weighted by molar-refractivity contribution is 7.19. The highest BCUT2D eigenvalue weighted by Crippen LogP contribution is 2.32. The van der Waals surface area contributed by atoms with Gasteiger partial charge in [-0.3, -0.25) is 10.1 Å². The minimum atomic E-state index is -1.55. The molecule has 0 aliphatic heterocycles. The number of nitrogens with one attached hydrogen (secondary N) is 1. The van der Waals surface area contributed by atoms with E-state index >= 15 is 0 Å². The van der Waals surface area contributed by atoms with Crippen molar-refractivity contribution in [2.75, 3.05) is 11.9 Å². The summed E-state index contributed by atoms with van der Waals surface area (Å²) in [6, 6.07) is 3.08. The molecule has 3 aromatic rings. The van der Waals surface area contributed by atoms with Gasteiger partial charge in [0.1, 0.15) is 11.4 Å². The number of hydrogen-bond acceptors (Lipinski definition) is 5. The second-order valence-corrected chi connectivity index (χ2v) is 6.50. The van der Waals surface area contributed by atoms with Gasteiger partial charge in [-0.25, -0.2) is 23.1 Å². The number of nitrogens with zero attached hydrogens (tertiary/aromatic N) is 2. The number of rotatable bonds is 5. The van der Waals surface area contributed by atoms with Crippen molar-refractivity contribution in [3.05, 3.63) is 59.2 Å². The van der Waals surface area contributed by atoms with Gasteiger partial charge in [0.05, 0.1) is 11.5 Å². The first-order valence-corrected chi connectivity index (χ1v) is 8.72. The van der Waals surface area contributed by atoms with Crippen LogP contribution in [-0.2, 0) is 0 Å². The fourth-order valence-corrected chi connectivity index (χ4v) is 3.25. The second kappa shape index (κ2) is 7.75.